The highest BCUT2D eigenvalue weighted by atomic mass is 19.4. The van der Waals surface area contributed by atoms with Gasteiger partial charge in [-0.2, -0.15) is 17.9 Å². The number of nitrogens with zero attached hydrogens (tertiary/aromatic N) is 5. The van der Waals surface area contributed by atoms with Crippen molar-refractivity contribution in [2.45, 2.75) is 32.5 Å². The average molecular weight is 458 g/mol. The highest BCUT2D eigenvalue weighted by Crippen LogP contribution is 2.14. The summed E-state index contributed by atoms with van der Waals surface area (Å²) in [5.74, 6) is -2.19. The third kappa shape index (κ3) is 7.57. The van der Waals surface area contributed by atoms with E-state index < -0.39 is 12.1 Å². The number of tetrazole rings is 1. The molecule has 0 saturated carbocycles. The van der Waals surface area contributed by atoms with Gasteiger partial charge in [0.15, 0.2) is 5.82 Å². The Bertz CT molecular complexity index is 926. The van der Waals surface area contributed by atoms with Gasteiger partial charge in [-0.3, -0.25) is 9.69 Å². The number of carbonyl (C=O) groups is 2. The van der Waals surface area contributed by atoms with Crippen LogP contribution in [-0.4, -0.2) is 86.7 Å². The van der Waals surface area contributed by atoms with Crippen molar-refractivity contribution in [3.63, 3.8) is 0 Å². The quantitative estimate of drug-likeness (QED) is 0.690. The number of ether oxygens (including phenoxy) is 1. The van der Waals surface area contributed by atoms with Crippen LogP contribution in [0.3, 0.4) is 0 Å². The molecule has 1 saturated heterocycles. The van der Waals surface area contributed by atoms with Crippen molar-refractivity contribution >= 4 is 11.9 Å². The summed E-state index contributed by atoms with van der Waals surface area (Å²) in [5.41, 5.74) is 1.01. The molecule has 32 heavy (non-hydrogen) atoms. The van der Waals surface area contributed by atoms with E-state index in [0.29, 0.717) is 11.4 Å². The van der Waals surface area contributed by atoms with Crippen LogP contribution in [0.25, 0.3) is 5.69 Å². The van der Waals surface area contributed by atoms with Crippen LogP contribution in [-0.2, 0) is 9.53 Å². The summed E-state index contributed by atoms with van der Waals surface area (Å²) in [5, 5.41) is 21.7. The highest BCUT2D eigenvalue weighted by Gasteiger charge is 2.38. The van der Waals surface area contributed by atoms with Gasteiger partial charge in [-0.25, -0.2) is 4.79 Å². The summed E-state index contributed by atoms with van der Waals surface area (Å²) in [6, 6.07) is 7.30. The molecule has 0 radical (unpaired) electrons. The molecule has 0 atom stereocenters. The molecule has 2 N–H and O–H groups in total. The summed E-state index contributed by atoms with van der Waals surface area (Å²) in [6.07, 6.45) is -5.08. The van der Waals surface area contributed by atoms with E-state index in [1.54, 1.807) is 16.8 Å². The minimum atomic E-state index is -5.08. The molecule has 2 aromatic rings. The van der Waals surface area contributed by atoms with Crippen LogP contribution < -0.4 is 5.32 Å². The number of aliphatic carboxylic acids is 1. The highest BCUT2D eigenvalue weighted by molar-refractivity contribution is 5.95. The van der Waals surface area contributed by atoms with Crippen molar-refractivity contribution in [2.24, 2.45) is 0 Å². The molecular formula is C19H25F3N6O4. The van der Waals surface area contributed by atoms with Gasteiger partial charge in [-0.1, -0.05) is 6.07 Å². The largest absolute Gasteiger partial charge is 0.490 e. The SMILES string of the molecule is Cc1nnnn1-c1cccc(C(=O)NC(C)(C)CN2CCOCC2)c1.O=C(O)C(F)(F)F. The third-order valence-corrected chi connectivity index (χ3v) is 4.40. The molecule has 1 fully saturated rings. The lowest BCUT2D eigenvalue weighted by Crippen LogP contribution is -2.53. The molecule has 1 aromatic heterocycles. The molecule has 2 heterocycles. The lowest BCUT2D eigenvalue weighted by Gasteiger charge is -2.35. The zero-order valence-corrected chi connectivity index (χ0v) is 17.9. The first-order valence-electron chi connectivity index (χ1n) is 9.67. The maximum absolute atomic E-state index is 12.7. The Morgan fingerprint density at radius 1 is 1.22 bits per heavy atom. The molecule has 1 aliphatic heterocycles. The molecule has 176 valence electrons. The minimum Gasteiger partial charge on any atom is -0.475 e. The molecule has 0 bridgehead atoms. The number of nitrogens with one attached hydrogen (secondary N) is 1. The van der Waals surface area contributed by atoms with Crippen LogP contribution in [0.1, 0.15) is 30.0 Å². The number of benzene rings is 1. The van der Waals surface area contributed by atoms with Crippen LogP contribution in [0.4, 0.5) is 13.2 Å². The average Bonchev–Trinajstić information content (AvgIpc) is 3.14. The number of aryl methyl sites for hydroxylation is 1. The van der Waals surface area contributed by atoms with E-state index >= 15 is 0 Å². The van der Waals surface area contributed by atoms with Crippen LogP contribution in [0.2, 0.25) is 0 Å². The van der Waals surface area contributed by atoms with Gasteiger partial charge in [-0.15, -0.1) is 5.10 Å². The predicted molar refractivity (Wildman–Crippen MR) is 106 cm³/mol. The van der Waals surface area contributed by atoms with Crippen LogP contribution in [0.5, 0.6) is 0 Å². The molecule has 1 aliphatic rings. The number of hydrogen-bond acceptors (Lipinski definition) is 7. The first-order chi connectivity index (χ1) is 14.9. The second-order valence-electron chi connectivity index (χ2n) is 7.72. The maximum Gasteiger partial charge on any atom is 0.490 e. The van der Waals surface area contributed by atoms with Gasteiger partial charge in [0.05, 0.1) is 18.9 Å². The number of hydrogen-bond donors (Lipinski definition) is 2. The minimum absolute atomic E-state index is 0.106. The Morgan fingerprint density at radius 2 is 1.84 bits per heavy atom. The molecule has 10 nitrogen and oxygen atoms in total. The molecule has 1 amide bonds. The van der Waals surface area contributed by atoms with Gasteiger partial charge in [0.2, 0.25) is 0 Å². The number of aromatic nitrogens is 4. The van der Waals surface area contributed by atoms with Crippen molar-refractivity contribution in [3.05, 3.63) is 35.7 Å². The van der Waals surface area contributed by atoms with Crippen molar-refractivity contribution in [1.29, 1.82) is 0 Å². The Morgan fingerprint density at radius 3 is 2.38 bits per heavy atom. The topological polar surface area (TPSA) is 122 Å². The van der Waals surface area contributed by atoms with Crippen LogP contribution in [0, 0.1) is 6.92 Å². The zero-order chi connectivity index (χ0) is 23.9. The van der Waals surface area contributed by atoms with Crippen molar-refractivity contribution < 1.29 is 32.6 Å². The lowest BCUT2D eigenvalue weighted by atomic mass is 10.0. The van der Waals surface area contributed by atoms with Gasteiger partial charge in [-0.05, 0) is 49.4 Å². The van der Waals surface area contributed by atoms with E-state index in [2.05, 4.69) is 25.7 Å². The fourth-order valence-electron chi connectivity index (χ4n) is 2.99. The third-order valence-electron chi connectivity index (χ3n) is 4.40. The fraction of sp³-hybridized carbons (Fsp3) is 0.526. The lowest BCUT2D eigenvalue weighted by molar-refractivity contribution is -0.192. The van der Waals surface area contributed by atoms with Gasteiger partial charge in [0.1, 0.15) is 0 Å². The number of halogens is 3. The van der Waals surface area contributed by atoms with Crippen molar-refractivity contribution in [1.82, 2.24) is 30.4 Å². The van der Waals surface area contributed by atoms with E-state index in [1.165, 1.54) is 0 Å². The summed E-state index contributed by atoms with van der Waals surface area (Å²) in [4.78, 5) is 23.9. The van der Waals surface area contributed by atoms with E-state index in [-0.39, 0.29) is 11.4 Å². The maximum atomic E-state index is 12.7. The number of carboxylic acid groups (broad SMARTS) is 1. The second kappa shape index (κ2) is 10.5. The number of rotatable bonds is 5. The van der Waals surface area contributed by atoms with E-state index in [0.717, 1.165) is 38.5 Å². The molecule has 1 aromatic carbocycles. The number of carbonyl (C=O) groups excluding carboxylic acids is 1. The monoisotopic (exact) mass is 458 g/mol. The van der Waals surface area contributed by atoms with E-state index in [9.17, 15) is 18.0 Å². The van der Waals surface area contributed by atoms with Crippen LogP contribution in [0.15, 0.2) is 24.3 Å². The zero-order valence-electron chi connectivity index (χ0n) is 17.9. The summed E-state index contributed by atoms with van der Waals surface area (Å²) in [6.45, 7) is 9.97. The van der Waals surface area contributed by atoms with Gasteiger partial charge in [0, 0.05) is 30.7 Å². The first kappa shape index (κ1) is 25.2. The Kier molecular flexibility index (Phi) is 8.27. The van der Waals surface area contributed by atoms with Crippen molar-refractivity contribution in [2.75, 3.05) is 32.8 Å². The summed E-state index contributed by atoms with van der Waals surface area (Å²) >= 11 is 0. The van der Waals surface area contributed by atoms with Gasteiger partial charge >= 0.3 is 12.1 Å². The second-order valence-corrected chi connectivity index (χ2v) is 7.72. The molecule has 0 aliphatic carbocycles. The number of amides is 1. The van der Waals surface area contributed by atoms with E-state index in [4.69, 9.17) is 14.6 Å². The molecule has 0 spiro atoms. The summed E-state index contributed by atoms with van der Waals surface area (Å²) in [7, 11) is 0. The van der Waals surface area contributed by atoms with Gasteiger partial charge in [0.25, 0.3) is 5.91 Å². The number of morpholine rings is 1. The van der Waals surface area contributed by atoms with Gasteiger partial charge < -0.3 is 15.2 Å². The first-order valence-corrected chi connectivity index (χ1v) is 9.67. The normalized spacial score (nSPS) is 14.9. The Labute approximate surface area is 182 Å². The number of carboxylic acids is 1. The standard InChI is InChI=1S/C17H24N6O2.C2HF3O2/c1-13-19-20-21-23(13)15-6-4-5-14(11-15)16(24)18-17(2,3)12-22-7-9-25-10-8-22;3-2(4,5)1(6)7/h4-6,11H,7-10,12H2,1-3H3,(H,18,24);(H,6,7). The molecular weight excluding hydrogens is 433 g/mol. The smallest absolute Gasteiger partial charge is 0.475 e. The molecule has 3 rings (SSSR count). The Hall–Kier alpha value is -3.06. The van der Waals surface area contributed by atoms with Crippen molar-refractivity contribution in [3.8, 4) is 5.69 Å². The van der Waals surface area contributed by atoms with E-state index in [1.807, 2.05) is 32.9 Å². The molecule has 0 unspecified atom stereocenters. The Balaban J connectivity index is 0.000000451. The number of alkyl halides is 3. The van der Waals surface area contributed by atoms with Crippen LogP contribution >= 0.6 is 0 Å². The predicted octanol–water partition coefficient (Wildman–Crippen LogP) is 1.44. The summed E-state index contributed by atoms with van der Waals surface area (Å²) < 4.78 is 38.7. The fourth-order valence-corrected chi connectivity index (χ4v) is 2.99. The molecule has 13 heteroatoms.